The average Bonchev–Trinajstić information content (AvgIpc) is 2.31. The summed E-state index contributed by atoms with van der Waals surface area (Å²) in [6.07, 6.45) is 0.0519. The van der Waals surface area contributed by atoms with Gasteiger partial charge in [-0.3, -0.25) is 0 Å². The third-order valence-electron chi connectivity index (χ3n) is 1.55. The van der Waals surface area contributed by atoms with Crippen molar-refractivity contribution >= 4 is 17.2 Å². The number of aryl methyl sites for hydroxylation is 1. The molecule has 0 aliphatic carbocycles. The number of thiazole rings is 1. The molecule has 1 aromatic heterocycles. The number of hydrogen-bond acceptors (Lipinski definition) is 4. The normalized spacial score (nSPS) is 13.4. The molecule has 0 bridgehead atoms. The Hall–Kier alpha value is -0.610. The molecule has 1 atom stereocenters. The number of nitrogens with zero attached hydrogens (tertiary/aromatic N) is 1. The first-order valence-corrected chi connectivity index (χ1v) is 4.22. The van der Waals surface area contributed by atoms with Crippen molar-refractivity contribution in [2.75, 3.05) is 12.8 Å². The van der Waals surface area contributed by atoms with Crippen LogP contribution in [0.5, 0.6) is 0 Å². The SMILES string of the molecule is COC(C)c1nc(N)c(C)s1. The van der Waals surface area contributed by atoms with Crippen LogP contribution in [-0.4, -0.2) is 12.1 Å². The second-order valence-corrected chi connectivity index (χ2v) is 3.61. The monoisotopic (exact) mass is 172 g/mol. The summed E-state index contributed by atoms with van der Waals surface area (Å²) in [6, 6.07) is 0. The molecule has 1 heterocycles. The molecule has 0 amide bonds. The fourth-order valence-corrected chi connectivity index (χ4v) is 1.57. The van der Waals surface area contributed by atoms with Crippen LogP contribution in [0.25, 0.3) is 0 Å². The molecule has 1 aromatic rings. The van der Waals surface area contributed by atoms with Gasteiger partial charge in [-0.05, 0) is 13.8 Å². The topological polar surface area (TPSA) is 48.1 Å². The lowest BCUT2D eigenvalue weighted by molar-refractivity contribution is 0.119. The lowest BCUT2D eigenvalue weighted by Gasteiger charge is -2.02. The number of methoxy groups -OCH3 is 1. The highest BCUT2D eigenvalue weighted by Crippen LogP contribution is 2.25. The minimum absolute atomic E-state index is 0.0519. The minimum Gasteiger partial charge on any atom is -0.383 e. The predicted octanol–water partition coefficient (Wildman–Crippen LogP) is 1.74. The van der Waals surface area contributed by atoms with Gasteiger partial charge in [-0.1, -0.05) is 0 Å². The highest BCUT2D eigenvalue weighted by Gasteiger charge is 2.10. The van der Waals surface area contributed by atoms with Crippen LogP contribution in [0.4, 0.5) is 5.82 Å². The summed E-state index contributed by atoms with van der Waals surface area (Å²) >= 11 is 1.59. The molecule has 0 saturated heterocycles. The van der Waals surface area contributed by atoms with Gasteiger partial charge in [0.25, 0.3) is 0 Å². The van der Waals surface area contributed by atoms with Crippen LogP contribution in [0.1, 0.15) is 22.9 Å². The van der Waals surface area contributed by atoms with Crippen LogP contribution < -0.4 is 5.73 Å². The van der Waals surface area contributed by atoms with Gasteiger partial charge in [0.15, 0.2) is 0 Å². The maximum atomic E-state index is 5.58. The molecule has 0 saturated carbocycles. The summed E-state index contributed by atoms with van der Waals surface area (Å²) in [5.74, 6) is 0.619. The first-order valence-electron chi connectivity index (χ1n) is 3.40. The van der Waals surface area contributed by atoms with Crippen molar-refractivity contribution in [3.8, 4) is 0 Å². The summed E-state index contributed by atoms with van der Waals surface area (Å²) in [5.41, 5.74) is 5.58. The standard InChI is InChI=1S/C7H12N2OS/c1-4(10-3)7-9-6(8)5(2)11-7/h4H,8H2,1-3H3. The van der Waals surface area contributed by atoms with Gasteiger partial charge < -0.3 is 10.5 Å². The quantitative estimate of drug-likeness (QED) is 0.739. The molecule has 1 rings (SSSR count). The number of ether oxygens (including phenoxy) is 1. The van der Waals surface area contributed by atoms with Crippen LogP contribution in [0, 0.1) is 6.92 Å². The number of anilines is 1. The number of nitrogen functional groups attached to an aromatic ring is 1. The van der Waals surface area contributed by atoms with Crippen LogP contribution >= 0.6 is 11.3 Å². The molecule has 3 nitrogen and oxygen atoms in total. The highest BCUT2D eigenvalue weighted by molar-refractivity contribution is 7.12. The lowest BCUT2D eigenvalue weighted by Crippen LogP contribution is -1.95. The van der Waals surface area contributed by atoms with Crippen molar-refractivity contribution < 1.29 is 4.74 Å². The Morgan fingerprint density at radius 1 is 1.64 bits per heavy atom. The Labute approximate surface area is 70.2 Å². The van der Waals surface area contributed by atoms with Crippen molar-refractivity contribution in [1.29, 1.82) is 0 Å². The van der Waals surface area contributed by atoms with Gasteiger partial charge in [0.05, 0.1) is 0 Å². The third kappa shape index (κ3) is 1.70. The van der Waals surface area contributed by atoms with Gasteiger partial charge in [-0.2, -0.15) is 0 Å². The summed E-state index contributed by atoms with van der Waals surface area (Å²) in [5, 5.41) is 0.947. The Kier molecular flexibility index (Phi) is 2.46. The first-order chi connectivity index (χ1) is 5.15. The molecule has 0 aromatic carbocycles. The summed E-state index contributed by atoms with van der Waals surface area (Å²) in [7, 11) is 1.66. The van der Waals surface area contributed by atoms with E-state index in [-0.39, 0.29) is 6.10 Å². The van der Waals surface area contributed by atoms with Crippen molar-refractivity contribution in [1.82, 2.24) is 4.98 Å². The Morgan fingerprint density at radius 3 is 2.64 bits per heavy atom. The van der Waals surface area contributed by atoms with E-state index in [0.717, 1.165) is 9.88 Å². The van der Waals surface area contributed by atoms with E-state index in [1.54, 1.807) is 18.4 Å². The average molecular weight is 172 g/mol. The van der Waals surface area contributed by atoms with Gasteiger partial charge in [0.2, 0.25) is 0 Å². The van der Waals surface area contributed by atoms with Crippen LogP contribution in [0.15, 0.2) is 0 Å². The first kappa shape index (κ1) is 8.49. The van der Waals surface area contributed by atoms with E-state index < -0.39 is 0 Å². The molecule has 0 radical (unpaired) electrons. The Morgan fingerprint density at radius 2 is 2.27 bits per heavy atom. The molecule has 11 heavy (non-hydrogen) atoms. The van der Waals surface area contributed by atoms with E-state index in [2.05, 4.69) is 4.98 Å². The van der Waals surface area contributed by atoms with E-state index in [0.29, 0.717) is 5.82 Å². The zero-order chi connectivity index (χ0) is 8.43. The van der Waals surface area contributed by atoms with E-state index in [9.17, 15) is 0 Å². The number of hydrogen-bond donors (Lipinski definition) is 1. The van der Waals surface area contributed by atoms with Gasteiger partial charge in [-0.15, -0.1) is 11.3 Å². The maximum absolute atomic E-state index is 5.58. The smallest absolute Gasteiger partial charge is 0.137 e. The van der Waals surface area contributed by atoms with Crippen molar-refractivity contribution in [3.63, 3.8) is 0 Å². The minimum atomic E-state index is 0.0519. The molecule has 0 spiro atoms. The summed E-state index contributed by atoms with van der Waals surface area (Å²) in [4.78, 5) is 5.21. The fourth-order valence-electron chi connectivity index (χ4n) is 0.704. The predicted molar refractivity (Wildman–Crippen MR) is 46.7 cm³/mol. The molecule has 2 N–H and O–H groups in total. The third-order valence-corrected chi connectivity index (χ3v) is 2.70. The van der Waals surface area contributed by atoms with Gasteiger partial charge in [0.1, 0.15) is 16.9 Å². The molecule has 4 heteroatoms. The van der Waals surface area contributed by atoms with Crippen molar-refractivity contribution in [2.45, 2.75) is 20.0 Å². The number of aromatic nitrogens is 1. The maximum Gasteiger partial charge on any atom is 0.137 e. The van der Waals surface area contributed by atoms with Gasteiger partial charge in [0, 0.05) is 12.0 Å². The molecular weight excluding hydrogens is 160 g/mol. The zero-order valence-electron chi connectivity index (χ0n) is 6.92. The molecule has 0 fully saturated rings. The number of nitrogens with two attached hydrogens (primary N) is 1. The Balaban J connectivity index is 2.88. The largest absolute Gasteiger partial charge is 0.383 e. The van der Waals surface area contributed by atoms with Crippen molar-refractivity contribution in [2.24, 2.45) is 0 Å². The van der Waals surface area contributed by atoms with Crippen LogP contribution in [0.2, 0.25) is 0 Å². The van der Waals surface area contributed by atoms with E-state index in [1.165, 1.54) is 0 Å². The van der Waals surface area contributed by atoms with Crippen LogP contribution in [0.3, 0.4) is 0 Å². The van der Waals surface area contributed by atoms with Gasteiger partial charge >= 0.3 is 0 Å². The summed E-state index contributed by atoms with van der Waals surface area (Å²) in [6.45, 7) is 3.91. The summed E-state index contributed by atoms with van der Waals surface area (Å²) < 4.78 is 5.10. The second-order valence-electron chi connectivity index (χ2n) is 2.37. The molecule has 0 aliphatic heterocycles. The fraction of sp³-hybridized carbons (Fsp3) is 0.571. The number of rotatable bonds is 2. The second kappa shape index (κ2) is 3.19. The molecule has 62 valence electrons. The highest BCUT2D eigenvalue weighted by atomic mass is 32.1. The lowest BCUT2D eigenvalue weighted by atomic mass is 10.4. The van der Waals surface area contributed by atoms with Crippen molar-refractivity contribution in [3.05, 3.63) is 9.88 Å². The molecule has 1 unspecified atom stereocenters. The van der Waals surface area contributed by atoms with Crippen LogP contribution in [-0.2, 0) is 4.74 Å². The van der Waals surface area contributed by atoms with E-state index in [1.807, 2.05) is 13.8 Å². The van der Waals surface area contributed by atoms with E-state index in [4.69, 9.17) is 10.5 Å². The zero-order valence-corrected chi connectivity index (χ0v) is 7.73. The van der Waals surface area contributed by atoms with E-state index >= 15 is 0 Å². The molecular formula is C7H12N2OS. The Bertz CT molecular complexity index is 227. The molecule has 0 aliphatic rings. The van der Waals surface area contributed by atoms with Gasteiger partial charge in [-0.25, -0.2) is 4.98 Å².